The number of hydrogen-bond acceptors (Lipinski definition) is 0. The van der Waals surface area contributed by atoms with E-state index in [9.17, 15) is 0 Å². The van der Waals surface area contributed by atoms with Crippen molar-refractivity contribution in [3.05, 3.63) is 11.6 Å². The molecule has 0 aromatic heterocycles. The number of rotatable bonds is 16. The molecule has 21 heavy (non-hydrogen) atoms. The van der Waals surface area contributed by atoms with Crippen LogP contribution in [0.25, 0.3) is 0 Å². The van der Waals surface area contributed by atoms with Gasteiger partial charge >= 0.3 is 0 Å². The van der Waals surface area contributed by atoms with Gasteiger partial charge in [-0.05, 0) is 26.2 Å². The van der Waals surface area contributed by atoms with Crippen LogP contribution in [-0.4, -0.2) is 0 Å². The first-order valence-corrected chi connectivity index (χ1v) is 9.96. The van der Waals surface area contributed by atoms with Crippen LogP contribution in [0.2, 0.25) is 0 Å². The van der Waals surface area contributed by atoms with Gasteiger partial charge in [0.2, 0.25) is 0 Å². The predicted octanol–water partition coefficient (Wildman–Crippen LogP) is 8.21. The number of allylic oxidation sites excluding steroid dienone is 2. The van der Waals surface area contributed by atoms with E-state index in [-0.39, 0.29) is 0 Å². The quantitative estimate of drug-likeness (QED) is 0.199. The molecule has 126 valence electrons. The average Bonchev–Trinajstić information content (AvgIpc) is 2.49. The lowest BCUT2D eigenvalue weighted by Gasteiger charge is -2.04. The fourth-order valence-electron chi connectivity index (χ4n) is 2.91. The standard InChI is InChI=1S/C21H42/c1-4-6-8-9-10-11-12-13-14-15-16-17-18-20-21(3)19-7-5-2/h19H,4-18,20H2,1-3H3/b21-19+. The van der Waals surface area contributed by atoms with Gasteiger partial charge in [-0.1, -0.05) is 109 Å². The maximum Gasteiger partial charge on any atom is -0.0323 e. The molecule has 0 heterocycles. The minimum absolute atomic E-state index is 1.27. The van der Waals surface area contributed by atoms with Crippen LogP contribution >= 0.6 is 0 Å². The Balaban J connectivity index is 3.09. The van der Waals surface area contributed by atoms with E-state index in [4.69, 9.17) is 0 Å². The Morgan fingerprint density at radius 1 is 0.571 bits per heavy atom. The van der Waals surface area contributed by atoms with E-state index in [0.29, 0.717) is 0 Å². The molecular weight excluding hydrogens is 252 g/mol. The molecule has 0 nitrogen and oxygen atoms in total. The average molecular weight is 295 g/mol. The SMILES string of the molecule is CCC/C=C(\C)CCCCCCCCCCCCCCC. The van der Waals surface area contributed by atoms with Crippen LogP contribution in [0.5, 0.6) is 0 Å². The monoisotopic (exact) mass is 294 g/mol. The topological polar surface area (TPSA) is 0 Å². The van der Waals surface area contributed by atoms with Crippen LogP contribution in [0.1, 0.15) is 124 Å². The van der Waals surface area contributed by atoms with Gasteiger partial charge in [0.25, 0.3) is 0 Å². The minimum Gasteiger partial charge on any atom is -0.0856 e. The zero-order chi connectivity index (χ0) is 15.6. The maximum atomic E-state index is 2.43. The predicted molar refractivity (Wildman–Crippen MR) is 99.0 cm³/mol. The molecule has 0 aromatic rings. The van der Waals surface area contributed by atoms with Gasteiger partial charge < -0.3 is 0 Å². The van der Waals surface area contributed by atoms with E-state index < -0.39 is 0 Å². The van der Waals surface area contributed by atoms with Crippen molar-refractivity contribution in [3.8, 4) is 0 Å². The summed E-state index contributed by atoms with van der Waals surface area (Å²) >= 11 is 0. The van der Waals surface area contributed by atoms with Gasteiger partial charge in [-0.2, -0.15) is 0 Å². The molecule has 0 amide bonds. The Labute approximate surface area is 135 Å². The first-order chi connectivity index (χ1) is 10.3. The Morgan fingerprint density at radius 3 is 1.43 bits per heavy atom. The van der Waals surface area contributed by atoms with E-state index in [1.807, 2.05) is 0 Å². The Hall–Kier alpha value is -0.260. The summed E-state index contributed by atoms with van der Waals surface area (Å²) in [5, 5.41) is 0. The summed E-state index contributed by atoms with van der Waals surface area (Å²) in [6.45, 7) is 6.86. The van der Waals surface area contributed by atoms with Crippen LogP contribution in [-0.2, 0) is 0 Å². The molecule has 0 aliphatic carbocycles. The van der Waals surface area contributed by atoms with E-state index in [1.54, 1.807) is 5.57 Å². The second-order valence-corrected chi connectivity index (χ2v) is 6.83. The molecule has 0 saturated heterocycles. The Morgan fingerprint density at radius 2 is 1.00 bits per heavy atom. The van der Waals surface area contributed by atoms with Crippen LogP contribution in [0, 0.1) is 0 Å². The normalized spacial score (nSPS) is 12.0. The largest absolute Gasteiger partial charge is 0.0856 e. The van der Waals surface area contributed by atoms with Crippen molar-refractivity contribution >= 4 is 0 Å². The fraction of sp³-hybridized carbons (Fsp3) is 0.905. The van der Waals surface area contributed by atoms with Crippen molar-refractivity contribution in [3.63, 3.8) is 0 Å². The first-order valence-electron chi connectivity index (χ1n) is 9.96. The highest BCUT2D eigenvalue weighted by Crippen LogP contribution is 2.14. The summed E-state index contributed by atoms with van der Waals surface area (Å²) in [6, 6.07) is 0. The lowest BCUT2D eigenvalue weighted by atomic mass is 10.0. The molecule has 0 rings (SSSR count). The smallest absolute Gasteiger partial charge is 0.0323 e. The lowest BCUT2D eigenvalue weighted by molar-refractivity contribution is 0.539. The van der Waals surface area contributed by atoms with Gasteiger partial charge in [-0.3, -0.25) is 0 Å². The minimum atomic E-state index is 1.27. The zero-order valence-electron chi connectivity index (χ0n) is 15.4. The van der Waals surface area contributed by atoms with Gasteiger partial charge in [-0.25, -0.2) is 0 Å². The molecule has 0 aliphatic heterocycles. The van der Waals surface area contributed by atoms with Crippen molar-refractivity contribution in [1.82, 2.24) is 0 Å². The van der Waals surface area contributed by atoms with Crippen molar-refractivity contribution < 1.29 is 0 Å². The van der Waals surface area contributed by atoms with Crippen molar-refractivity contribution in [2.24, 2.45) is 0 Å². The van der Waals surface area contributed by atoms with Gasteiger partial charge in [0.1, 0.15) is 0 Å². The van der Waals surface area contributed by atoms with E-state index in [1.165, 1.54) is 103 Å². The third-order valence-electron chi connectivity index (χ3n) is 4.46. The zero-order valence-corrected chi connectivity index (χ0v) is 15.4. The molecular formula is C21H42. The first kappa shape index (κ1) is 20.7. The van der Waals surface area contributed by atoms with Crippen LogP contribution in [0.4, 0.5) is 0 Å². The number of hydrogen-bond donors (Lipinski definition) is 0. The van der Waals surface area contributed by atoms with Gasteiger partial charge in [0, 0.05) is 0 Å². The summed E-state index contributed by atoms with van der Waals surface area (Å²) in [5.74, 6) is 0. The van der Waals surface area contributed by atoms with E-state index in [2.05, 4.69) is 26.8 Å². The highest BCUT2D eigenvalue weighted by Gasteiger charge is 1.94. The summed E-state index contributed by atoms with van der Waals surface area (Å²) < 4.78 is 0. The molecule has 0 atom stereocenters. The second-order valence-electron chi connectivity index (χ2n) is 6.83. The van der Waals surface area contributed by atoms with Gasteiger partial charge in [-0.15, -0.1) is 0 Å². The maximum absolute atomic E-state index is 2.43. The summed E-state index contributed by atoms with van der Waals surface area (Å²) in [4.78, 5) is 0. The van der Waals surface area contributed by atoms with Crippen molar-refractivity contribution in [1.29, 1.82) is 0 Å². The summed E-state index contributed by atoms with van der Waals surface area (Å²) in [6.07, 6.45) is 25.2. The molecule has 0 spiro atoms. The fourth-order valence-corrected chi connectivity index (χ4v) is 2.91. The highest BCUT2D eigenvalue weighted by atomic mass is 14.0. The Kier molecular flexibility index (Phi) is 17.6. The third kappa shape index (κ3) is 17.7. The highest BCUT2D eigenvalue weighted by molar-refractivity contribution is 4.97. The molecule has 0 aromatic carbocycles. The van der Waals surface area contributed by atoms with Gasteiger partial charge in [0.05, 0.1) is 0 Å². The van der Waals surface area contributed by atoms with Crippen LogP contribution in [0.3, 0.4) is 0 Å². The van der Waals surface area contributed by atoms with Crippen LogP contribution in [0.15, 0.2) is 11.6 Å². The van der Waals surface area contributed by atoms with Crippen molar-refractivity contribution in [2.75, 3.05) is 0 Å². The van der Waals surface area contributed by atoms with E-state index >= 15 is 0 Å². The number of unbranched alkanes of at least 4 members (excludes halogenated alkanes) is 13. The molecule has 0 saturated carbocycles. The van der Waals surface area contributed by atoms with Crippen LogP contribution < -0.4 is 0 Å². The third-order valence-corrected chi connectivity index (χ3v) is 4.46. The molecule has 0 unspecified atom stereocenters. The molecule has 0 radical (unpaired) electrons. The van der Waals surface area contributed by atoms with Crippen molar-refractivity contribution in [2.45, 2.75) is 124 Å². The second kappa shape index (κ2) is 17.8. The molecule has 0 N–H and O–H groups in total. The molecule has 0 bridgehead atoms. The molecule has 0 fully saturated rings. The molecule has 0 aliphatic rings. The Bertz CT molecular complexity index is 214. The van der Waals surface area contributed by atoms with Gasteiger partial charge in [0.15, 0.2) is 0 Å². The summed E-state index contributed by atoms with van der Waals surface area (Å²) in [5.41, 5.74) is 1.61. The summed E-state index contributed by atoms with van der Waals surface area (Å²) in [7, 11) is 0. The lowest BCUT2D eigenvalue weighted by Crippen LogP contribution is -1.84. The molecule has 0 heteroatoms. The van der Waals surface area contributed by atoms with E-state index in [0.717, 1.165) is 0 Å².